The molecule has 0 aromatic heterocycles. The maximum atomic E-state index is 3.68. The molecule has 0 heterocycles. The van der Waals surface area contributed by atoms with Gasteiger partial charge in [0.2, 0.25) is 0 Å². The molecule has 18 heavy (non-hydrogen) atoms. The molecule has 1 rings (SSSR count). The molecule has 1 aromatic carbocycles. The maximum Gasteiger partial charge on any atom is 0.0331 e. The Morgan fingerprint density at radius 3 is 2.56 bits per heavy atom. The molecule has 1 aromatic rings. The molecule has 1 unspecified atom stereocenters. The highest BCUT2D eigenvalue weighted by Crippen LogP contribution is 2.28. The molecule has 1 atom stereocenters. The van der Waals surface area contributed by atoms with Crippen molar-refractivity contribution >= 4 is 15.9 Å². The zero-order valence-electron chi connectivity index (χ0n) is 12.1. The van der Waals surface area contributed by atoms with Crippen LogP contribution in [0.15, 0.2) is 22.7 Å². The molecule has 0 spiro atoms. The first-order valence-electron chi connectivity index (χ1n) is 7.04. The first-order chi connectivity index (χ1) is 8.54. The molecular weight excluding hydrogens is 286 g/mol. The second-order valence-electron chi connectivity index (χ2n) is 5.46. The quantitative estimate of drug-likeness (QED) is 0.726. The van der Waals surface area contributed by atoms with Crippen molar-refractivity contribution in [3.63, 3.8) is 0 Å². The third-order valence-corrected chi connectivity index (χ3v) is 3.97. The van der Waals surface area contributed by atoms with Crippen LogP contribution in [-0.4, -0.2) is 6.54 Å². The van der Waals surface area contributed by atoms with Gasteiger partial charge in [-0.2, -0.15) is 0 Å². The van der Waals surface area contributed by atoms with Crippen molar-refractivity contribution in [3.8, 4) is 0 Å². The van der Waals surface area contributed by atoms with Crippen LogP contribution in [0.4, 0.5) is 0 Å². The summed E-state index contributed by atoms with van der Waals surface area (Å²) >= 11 is 3.68. The molecule has 0 aliphatic rings. The summed E-state index contributed by atoms with van der Waals surface area (Å²) < 4.78 is 1.23. The lowest BCUT2D eigenvalue weighted by atomic mass is 9.97. The molecule has 0 amide bonds. The summed E-state index contributed by atoms with van der Waals surface area (Å²) in [6.45, 7) is 9.95. The second-order valence-corrected chi connectivity index (χ2v) is 6.31. The van der Waals surface area contributed by atoms with Crippen LogP contribution in [-0.2, 0) is 0 Å². The van der Waals surface area contributed by atoms with E-state index in [9.17, 15) is 0 Å². The average Bonchev–Trinajstić information content (AvgIpc) is 2.31. The summed E-state index contributed by atoms with van der Waals surface area (Å²) in [7, 11) is 0. The minimum absolute atomic E-state index is 0.475. The van der Waals surface area contributed by atoms with E-state index in [0.717, 1.165) is 12.5 Å². The van der Waals surface area contributed by atoms with Gasteiger partial charge in [-0.15, -0.1) is 0 Å². The summed E-state index contributed by atoms with van der Waals surface area (Å²) in [5.41, 5.74) is 2.74. The molecule has 2 heteroatoms. The van der Waals surface area contributed by atoms with Gasteiger partial charge < -0.3 is 5.32 Å². The van der Waals surface area contributed by atoms with Gasteiger partial charge in [0.15, 0.2) is 0 Å². The van der Waals surface area contributed by atoms with Crippen molar-refractivity contribution in [3.05, 3.63) is 33.8 Å². The predicted molar refractivity (Wildman–Crippen MR) is 84.0 cm³/mol. The maximum absolute atomic E-state index is 3.68. The Labute approximate surface area is 120 Å². The van der Waals surface area contributed by atoms with Gasteiger partial charge in [0.25, 0.3) is 0 Å². The molecular formula is C16H26BrN. The lowest BCUT2D eigenvalue weighted by Gasteiger charge is -2.20. The van der Waals surface area contributed by atoms with Gasteiger partial charge >= 0.3 is 0 Å². The smallest absolute Gasteiger partial charge is 0.0331 e. The van der Waals surface area contributed by atoms with Crippen molar-refractivity contribution in [1.29, 1.82) is 0 Å². The molecule has 1 nitrogen and oxygen atoms in total. The van der Waals surface area contributed by atoms with Crippen LogP contribution in [0.5, 0.6) is 0 Å². The summed E-state index contributed by atoms with van der Waals surface area (Å²) in [4.78, 5) is 0. The molecule has 0 aliphatic heterocycles. The number of aryl methyl sites for hydroxylation is 1. The van der Waals surface area contributed by atoms with Crippen molar-refractivity contribution in [1.82, 2.24) is 5.32 Å². The summed E-state index contributed by atoms with van der Waals surface area (Å²) in [6.07, 6.45) is 3.81. The highest BCUT2D eigenvalue weighted by Gasteiger charge is 2.13. The third kappa shape index (κ3) is 5.11. The van der Waals surface area contributed by atoms with E-state index in [-0.39, 0.29) is 0 Å². The Bertz CT molecular complexity index is 360. The average molecular weight is 312 g/mol. The van der Waals surface area contributed by atoms with Crippen LogP contribution in [0.25, 0.3) is 0 Å². The van der Waals surface area contributed by atoms with Gasteiger partial charge in [0.1, 0.15) is 0 Å². The first-order valence-corrected chi connectivity index (χ1v) is 7.83. The third-order valence-electron chi connectivity index (χ3n) is 3.25. The number of halogens is 1. The van der Waals surface area contributed by atoms with Crippen LogP contribution in [0, 0.1) is 12.8 Å². The van der Waals surface area contributed by atoms with Crippen LogP contribution < -0.4 is 5.32 Å². The number of hydrogen-bond donors (Lipinski definition) is 1. The van der Waals surface area contributed by atoms with Crippen LogP contribution in [0.3, 0.4) is 0 Å². The molecule has 1 N–H and O–H groups in total. The Hall–Kier alpha value is -0.340. The molecule has 0 saturated carbocycles. The fraction of sp³-hybridized carbons (Fsp3) is 0.625. The SMILES string of the molecule is CCNC(CCCC(C)C)c1cc(C)ccc1Br. The Balaban J connectivity index is 2.73. The lowest BCUT2D eigenvalue weighted by molar-refractivity contribution is 0.454. The second kappa shape index (κ2) is 7.96. The fourth-order valence-corrected chi connectivity index (χ4v) is 2.80. The van der Waals surface area contributed by atoms with Crippen LogP contribution in [0.1, 0.15) is 57.2 Å². The van der Waals surface area contributed by atoms with Crippen LogP contribution >= 0.6 is 15.9 Å². The van der Waals surface area contributed by atoms with Crippen molar-refractivity contribution in [2.24, 2.45) is 5.92 Å². The standard InChI is InChI=1S/C16H26BrN/c1-5-18-16(8-6-7-12(2)3)14-11-13(4)9-10-15(14)17/h9-12,16,18H,5-8H2,1-4H3. The van der Waals surface area contributed by atoms with E-state index in [1.54, 1.807) is 0 Å². The fourth-order valence-electron chi connectivity index (χ4n) is 2.27. The van der Waals surface area contributed by atoms with E-state index in [4.69, 9.17) is 0 Å². The predicted octanol–water partition coefficient (Wildman–Crippen LogP) is 5.23. The highest BCUT2D eigenvalue weighted by atomic mass is 79.9. The van der Waals surface area contributed by atoms with E-state index in [1.165, 1.54) is 34.9 Å². The van der Waals surface area contributed by atoms with Crippen molar-refractivity contribution < 1.29 is 0 Å². The van der Waals surface area contributed by atoms with Gasteiger partial charge in [-0.05, 0) is 37.4 Å². The van der Waals surface area contributed by atoms with Gasteiger partial charge in [-0.1, -0.05) is 67.2 Å². The van der Waals surface area contributed by atoms with Gasteiger partial charge in [0.05, 0.1) is 0 Å². The summed E-state index contributed by atoms with van der Waals surface area (Å²) in [5.74, 6) is 0.799. The van der Waals surface area contributed by atoms with E-state index in [1.807, 2.05) is 0 Å². The largest absolute Gasteiger partial charge is 0.310 e. The normalized spacial score (nSPS) is 13.0. The lowest BCUT2D eigenvalue weighted by Crippen LogP contribution is -2.21. The minimum atomic E-state index is 0.475. The zero-order valence-corrected chi connectivity index (χ0v) is 13.7. The number of benzene rings is 1. The Morgan fingerprint density at radius 2 is 1.94 bits per heavy atom. The van der Waals surface area contributed by atoms with Gasteiger partial charge in [-0.25, -0.2) is 0 Å². The minimum Gasteiger partial charge on any atom is -0.310 e. The van der Waals surface area contributed by atoms with Gasteiger partial charge in [0, 0.05) is 10.5 Å². The Kier molecular flexibility index (Phi) is 6.95. The summed E-state index contributed by atoms with van der Waals surface area (Å²) in [6, 6.07) is 7.10. The Morgan fingerprint density at radius 1 is 1.22 bits per heavy atom. The van der Waals surface area contributed by atoms with E-state index < -0.39 is 0 Å². The molecule has 0 aliphatic carbocycles. The highest BCUT2D eigenvalue weighted by molar-refractivity contribution is 9.10. The van der Waals surface area contributed by atoms with Crippen molar-refractivity contribution in [2.45, 2.75) is 53.0 Å². The molecule has 0 fully saturated rings. The van der Waals surface area contributed by atoms with E-state index in [0.29, 0.717) is 6.04 Å². The van der Waals surface area contributed by atoms with Crippen LogP contribution in [0.2, 0.25) is 0 Å². The van der Waals surface area contributed by atoms with E-state index in [2.05, 4.69) is 67.1 Å². The number of rotatable bonds is 7. The molecule has 0 saturated heterocycles. The van der Waals surface area contributed by atoms with E-state index >= 15 is 0 Å². The first kappa shape index (κ1) is 15.7. The molecule has 0 radical (unpaired) electrons. The number of hydrogen-bond acceptors (Lipinski definition) is 1. The number of nitrogens with one attached hydrogen (secondary N) is 1. The zero-order chi connectivity index (χ0) is 13.5. The molecule has 0 bridgehead atoms. The summed E-state index contributed by atoms with van der Waals surface area (Å²) in [5, 5.41) is 3.61. The molecule has 102 valence electrons. The van der Waals surface area contributed by atoms with Gasteiger partial charge in [-0.3, -0.25) is 0 Å². The monoisotopic (exact) mass is 311 g/mol. The topological polar surface area (TPSA) is 12.0 Å². The van der Waals surface area contributed by atoms with Crippen molar-refractivity contribution in [2.75, 3.05) is 6.54 Å².